The van der Waals surface area contributed by atoms with Crippen molar-refractivity contribution in [2.75, 3.05) is 6.54 Å². The Morgan fingerprint density at radius 1 is 1.45 bits per heavy atom. The van der Waals surface area contributed by atoms with Crippen molar-refractivity contribution in [2.24, 2.45) is 5.73 Å². The maximum Gasteiger partial charge on any atom is 0.224 e. The molecule has 0 bridgehead atoms. The van der Waals surface area contributed by atoms with Gasteiger partial charge in [-0.15, -0.1) is 0 Å². The van der Waals surface area contributed by atoms with E-state index in [0.717, 1.165) is 24.0 Å². The first kappa shape index (κ1) is 16.8. The van der Waals surface area contributed by atoms with Crippen molar-refractivity contribution in [2.45, 2.75) is 57.8 Å². The van der Waals surface area contributed by atoms with E-state index in [2.05, 4.69) is 12.2 Å². The molecule has 22 heavy (non-hydrogen) atoms. The molecule has 4 N–H and O–H groups in total. The number of hydrogen-bond donors (Lipinski definition) is 3. The van der Waals surface area contributed by atoms with Crippen LogP contribution in [-0.4, -0.2) is 29.3 Å². The van der Waals surface area contributed by atoms with Gasteiger partial charge in [-0.05, 0) is 38.0 Å². The Kier molecular flexibility index (Phi) is 5.08. The summed E-state index contributed by atoms with van der Waals surface area (Å²) in [7, 11) is 0. The topological polar surface area (TPSA) is 84.6 Å². The maximum atomic E-state index is 11.9. The molecule has 1 aliphatic heterocycles. The molecule has 0 spiro atoms. The molecule has 2 unspecified atom stereocenters. The number of amides is 1. The molecule has 0 saturated heterocycles. The van der Waals surface area contributed by atoms with E-state index in [-0.39, 0.29) is 5.91 Å². The summed E-state index contributed by atoms with van der Waals surface area (Å²) in [5.74, 6) is 0.678. The van der Waals surface area contributed by atoms with Crippen LogP contribution in [0.4, 0.5) is 0 Å². The molecule has 1 aromatic rings. The second-order valence-corrected chi connectivity index (χ2v) is 6.43. The lowest BCUT2D eigenvalue weighted by Crippen LogP contribution is -2.51. The molecule has 0 saturated carbocycles. The number of nitrogens with one attached hydrogen (secondary N) is 1. The predicted molar refractivity (Wildman–Crippen MR) is 85.7 cm³/mol. The summed E-state index contributed by atoms with van der Waals surface area (Å²) in [6, 6.07) is 5.05. The smallest absolute Gasteiger partial charge is 0.224 e. The summed E-state index contributed by atoms with van der Waals surface area (Å²) >= 11 is 0. The number of fused-ring (bicyclic) bond motifs is 1. The molecule has 5 heteroatoms. The van der Waals surface area contributed by atoms with E-state index < -0.39 is 17.7 Å². The number of unbranched alkanes of at least 4 members (excludes halogenated alkanes) is 1. The number of aliphatic hydroxyl groups is 1. The molecular formula is C17H26N2O3. The van der Waals surface area contributed by atoms with Gasteiger partial charge in [0.2, 0.25) is 5.91 Å². The molecule has 0 aromatic heterocycles. The van der Waals surface area contributed by atoms with E-state index in [1.54, 1.807) is 0 Å². The highest BCUT2D eigenvalue weighted by atomic mass is 16.5. The van der Waals surface area contributed by atoms with Crippen molar-refractivity contribution in [3.63, 3.8) is 0 Å². The largest absolute Gasteiger partial charge is 0.485 e. The fourth-order valence-corrected chi connectivity index (χ4v) is 2.66. The number of benzene rings is 1. The third-order valence-corrected chi connectivity index (χ3v) is 4.08. The van der Waals surface area contributed by atoms with Crippen molar-refractivity contribution < 1.29 is 14.6 Å². The molecule has 0 fully saturated rings. The number of rotatable bonds is 5. The van der Waals surface area contributed by atoms with Crippen LogP contribution in [0.3, 0.4) is 0 Å². The van der Waals surface area contributed by atoms with E-state index in [1.807, 2.05) is 32.0 Å². The Morgan fingerprint density at radius 2 is 2.18 bits per heavy atom. The second kappa shape index (κ2) is 6.67. The molecule has 2 atom stereocenters. The summed E-state index contributed by atoms with van der Waals surface area (Å²) in [4.78, 5) is 11.9. The van der Waals surface area contributed by atoms with Gasteiger partial charge in [-0.25, -0.2) is 0 Å². The minimum atomic E-state index is -0.784. The van der Waals surface area contributed by atoms with Crippen LogP contribution in [0, 0.1) is 0 Å². The Balaban J connectivity index is 2.10. The highest BCUT2D eigenvalue weighted by Gasteiger charge is 2.41. The highest BCUT2D eigenvalue weighted by Crippen LogP contribution is 2.38. The van der Waals surface area contributed by atoms with Gasteiger partial charge in [0.05, 0.1) is 12.5 Å². The van der Waals surface area contributed by atoms with Crippen molar-refractivity contribution in [1.29, 1.82) is 0 Å². The zero-order valence-electron chi connectivity index (χ0n) is 13.6. The molecule has 1 aromatic carbocycles. The monoisotopic (exact) mass is 306 g/mol. The average Bonchev–Trinajstić information content (AvgIpc) is 2.46. The number of ether oxygens (including phenoxy) is 1. The number of carbonyl (C=O) groups excluding carboxylic acids is 1. The van der Waals surface area contributed by atoms with Crippen molar-refractivity contribution in [3.05, 3.63) is 29.3 Å². The molecule has 2 rings (SSSR count). The number of nitrogens with two attached hydrogens (primary N) is 1. The van der Waals surface area contributed by atoms with Gasteiger partial charge in [-0.2, -0.15) is 0 Å². The Morgan fingerprint density at radius 3 is 2.86 bits per heavy atom. The molecule has 1 amide bonds. The van der Waals surface area contributed by atoms with E-state index in [9.17, 15) is 9.90 Å². The molecule has 0 radical (unpaired) electrons. The second-order valence-electron chi connectivity index (χ2n) is 6.43. The molecule has 0 aliphatic carbocycles. The van der Waals surface area contributed by atoms with Crippen molar-refractivity contribution >= 4 is 5.91 Å². The van der Waals surface area contributed by atoms with Gasteiger partial charge in [-0.3, -0.25) is 4.79 Å². The first-order valence-electron chi connectivity index (χ1n) is 7.87. The zero-order valence-corrected chi connectivity index (χ0v) is 13.6. The van der Waals surface area contributed by atoms with Crippen LogP contribution in [0.25, 0.3) is 0 Å². The maximum absolute atomic E-state index is 11.9. The molecular weight excluding hydrogens is 280 g/mol. The molecule has 122 valence electrons. The van der Waals surface area contributed by atoms with Gasteiger partial charge in [0.25, 0.3) is 0 Å². The predicted octanol–water partition coefficient (Wildman–Crippen LogP) is 1.68. The van der Waals surface area contributed by atoms with Crippen LogP contribution in [0.2, 0.25) is 0 Å². The number of hydrogen-bond acceptors (Lipinski definition) is 4. The summed E-state index contributed by atoms with van der Waals surface area (Å²) < 4.78 is 5.81. The lowest BCUT2D eigenvalue weighted by Gasteiger charge is -2.40. The van der Waals surface area contributed by atoms with E-state index in [0.29, 0.717) is 18.7 Å². The lowest BCUT2D eigenvalue weighted by atomic mass is 9.86. The van der Waals surface area contributed by atoms with Crippen molar-refractivity contribution in [3.8, 4) is 5.75 Å². The van der Waals surface area contributed by atoms with Crippen LogP contribution in [-0.2, 0) is 11.2 Å². The van der Waals surface area contributed by atoms with Crippen molar-refractivity contribution in [1.82, 2.24) is 5.32 Å². The Bertz CT molecular complexity index is 543. The van der Waals surface area contributed by atoms with Gasteiger partial charge in [0, 0.05) is 12.1 Å². The van der Waals surface area contributed by atoms with Gasteiger partial charge < -0.3 is 20.9 Å². The van der Waals surface area contributed by atoms with Crippen LogP contribution >= 0.6 is 0 Å². The fraction of sp³-hybridized carbons (Fsp3) is 0.588. The summed E-state index contributed by atoms with van der Waals surface area (Å²) in [6.45, 7) is 6.42. The van der Waals surface area contributed by atoms with Crippen LogP contribution < -0.4 is 15.8 Å². The highest BCUT2D eigenvalue weighted by molar-refractivity contribution is 5.78. The molecule has 5 nitrogen and oxygen atoms in total. The van der Waals surface area contributed by atoms with Gasteiger partial charge in [-0.1, -0.05) is 19.4 Å². The lowest BCUT2D eigenvalue weighted by molar-refractivity contribution is -0.120. The van der Waals surface area contributed by atoms with Crippen LogP contribution in [0.5, 0.6) is 5.75 Å². The van der Waals surface area contributed by atoms with Crippen LogP contribution in [0.1, 0.15) is 50.8 Å². The number of aliphatic hydroxyl groups excluding tert-OH is 1. The first-order chi connectivity index (χ1) is 10.3. The standard InChI is InChI=1S/C17H26N2O3/c1-4-5-8-19-14(20)10-11-6-7-13-12(9-11)15(18)16(21)17(2,3)22-13/h6-7,9,15-16,21H,4-5,8,10,18H2,1-3H3,(H,19,20). The third kappa shape index (κ3) is 3.59. The van der Waals surface area contributed by atoms with E-state index in [4.69, 9.17) is 10.5 Å². The Labute approximate surface area is 131 Å². The fourth-order valence-electron chi connectivity index (χ4n) is 2.66. The summed E-state index contributed by atoms with van der Waals surface area (Å²) in [5, 5.41) is 13.1. The van der Waals surface area contributed by atoms with Gasteiger partial charge in [0.1, 0.15) is 17.5 Å². The Hall–Kier alpha value is -1.59. The average molecular weight is 306 g/mol. The van der Waals surface area contributed by atoms with Gasteiger partial charge >= 0.3 is 0 Å². The zero-order chi connectivity index (χ0) is 16.3. The van der Waals surface area contributed by atoms with Crippen LogP contribution in [0.15, 0.2) is 18.2 Å². The summed E-state index contributed by atoms with van der Waals surface area (Å²) in [5.41, 5.74) is 7.05. The SMILES string of the molecule is CCCCNC(=O)Cc1ccc2c(c1)C(N)C(O)C(C)(C)O2. The summed E-state index contributed by atoms with van der Waals surface area (Å²) in [6.07, 6.45) is 1.56. The van der Waals surface area contributed by atoms with Gasteiger partial charge in [0.15, 0.2) is 0 Å². The van der Waals surface area contributed by atoms with E-state index >= 15 is 0 Å². The minimum Gasteiger partial charge on any atom is -0.485 e. The molecule has 1 aliphatic rings. The number of carbonyl (C=O) groups is 1. The minimum absolute atomic E-state index is 0.000391. The van der Waals surface area contributed by atoms with E-state index in [1.165, 1.54) is 0 Å². The normalized spacial score (nSPS) is 22.6. The third-order valence-electron chi connectivity index (χ3n) is 4.08. The first-order valence-corrected chi connectivity index (χ1v) is 7.87. The molecule has 1 heterocycles. The quantitative estimate of drug-likeness (QED) is 0.723.